The number of Topliss-reactive ketones (excluding diaryl/α,β-unsaturated/α-hetero) is 1. The second-order valence-electron chi connectivity index (χ2n) is 1.60. The fraction of sp³-hybridized carbons (Fsp3) is 0.400. The zero-order valence-corrected chi connectivity index (χ0v) is 5.30. The van der Waals surface area contributed by atoms with Gasteiger partial charge in [-0.25, -0.2) is 5.53 Å². The monoisotopic (exact) mass is 128 g/mol. The van der Waals surface area contributed by atoms with Crippen LogP contribution in [0.15, 0.2) is 16.6 Å². The van der Waals surface area contributed by atoms with Crippen LogP contribution in [0.3, 0.4) is 0 Å². The Hall–Kier alpha value is -1.19. The van der Waals surface area contributed by atoms with E-state index >= 15 is 0 Å². The summed E-state index contributed by atoms with van der Waals surface area (Å²) < 4.78 is 0. The minimum absolute atomic E-state index is 0.185. The first kappa shape index (κ1) is 7.81. The molecule has 0 aromatic heterocycles. The summed E-state index contributed by atoms with van der Waals surface area (Å²) in [7, 11) is 0. The summed E-state index contributed by atoms with van der Waals surface area (Å²) in [5.74, 6) is -0.609. The summed E-state index contributed by atoms with van der Waals surface area (Å²) in [6, 6.07) is 0. The van der Waals surface area contributed by atoms with Crippen molar-refractivity contribution in [1.82, 2.24) is 0 Å². The van der Waals surface area contributed by atoms with E-state index in [0.717, 1.165) is 0 Å². The maximum atomic E-state index is 10.4. The van der Waals surface area contributed by atoms with Crippen molar-refractivity contribution >= 4 is 5.78 Å². The highest BCUT2D eigenvalue weighted by Gasteiger charge is 2.04. The van der Waals surface area contributed by atoms with Gasteiger partial charge in [-0.3, -0.25) is 4.79 Å². The van der Waals surface area contributed by atoms with E-state index in [2.05, 4.69) is 5.11 Å². The maximum absolute atomic E-state index is 10.4. The number of hydrogen-bond acceptors (Lipinski definition) is 4. The highest BCUT2D eigenvalue weighted by atomic mass is 16.3. The van der Waals surface area contributed by atoms with E-state index in [9.17, 15) is 4.79 Å². The van der Waals surface area contributed by atoms with Crippen molar-refractivity contribution in [1.29, 1.82) is 5.53 Å². The van der Waals surface area contributed by atoms with Crippen LogP contribution in [-0.4, -0.2) is 10.9 Å². The van der Waals surface area contributed by atoms with Gasteiger partial charge in [0.05, 0.1) is 0 Å². The predicted molar refractivity (Wildman–Crippen MR) is 31.2 cm³/mol. The lowest BCUT2D eigenvalue weighted by molar-refractivity contribution is -0.113. The molecule has 2 N–H and O–H groups in total. The third-order valence-corrected chi connectivity index (χ3v) is 0.788. The molecule has 0 aliphatic rings. The molecule has 0 bridgehead atoms. The highest BCUT2D eigenvalue weighted by Crippen LogP contribution is 2.02. The second-order valence-corrected chi connectivity index (χ2v) is 1.60. The summed E-state index contributed by atoms with van der Waals surface area (Å²) in [6.07, 6.45) is 0. The third-order valence-electron chi connectivity index (χ3n) is 0.788. The maximum Gasteiger partial charge on any atom is 0.183 e. The van der Waals surface area contributed by atoms with Crippen LogP contribution >= 0.6 is 0 Å². The Kier molecular flexibility index (Phi) is 2.57. The number of nitrogens with zero attached hydrogens (tertiary/aromatic N) is 1. The molecule has 0 aromatic carbocycles. The molecular formula is C5H8N2O2. The zero-order chi connectivity index (χ0) is 7.44. The largest absolute Gasteiger partial charge is 0.510 e. The molecule has 4 heteroatoms. The van der Waals surface area contributed by atoms with Gasteiger partial charge in [0, 0.05) is 6.92 Å². The summed E-state index contributed by atoms with van der Waals surface area (Å²) >= 11 is 0. The molecule has 0 aromatic rings. The fourth-order valence-electron chi connectivity index (χ4n) is 0.414. The predicted octanol–water partition coefficient (Wildman–Crippen LogP) is 1.40. The van der Waals surface area contributed by atoms with Crippen LogP contribution in [0.25, 0.3) is 0 Å². The molecule has 0 saturated heterocycles. The van der Waals surface area contributed by atoms with E-state index in [4.69, 9.17) is 10.6 Å². The molecular weight excluding hydrogens is 120 g/mol. The number of aliphatic hydroxyl groups excluding tert-OH is 1. The van der Waals surface area contributed by atoms with E-state index in [-0.39, 0.29) is 11.5 Å². The summed E-state index contributed by atoms with van der Waals surface area (Å²) in [6.45, 7) is 2.56. The lowest BCUT2D eigenvalue weighted by atomic mass is 10.3. The van der Waals surface area contributed by atoms with Crippen LogP contribution in [0, 0.1) is 5.53 Å². The minimum atomic E-state index is -0.398. The number of carbonyl (C=O) groups is 1. The Bertz CT molecular complexity index is 168. The number of carbonyl (C=O) groups excluding carboxylic acids is 1. The first-order valence-electron chi connectivity index (χ1n) is 2.37. The van der Waals surface area contributed by atoms with Crippen molar-refractivity contribution in [2.24, 2.45) is 5.11 Å². The van der Waals surface area contributed by atoms with Gasteiger partial charge in [-0.1, -0.05) is 0 Å². The number of ketones is 1. The minimum Gasteiger partial charge on any atom is -0.510 e. The fourth-order valence-corrected chi connectivity index (χ4v) is 0.414. The average Bonchev–Trinajstić information content (AvgIpc) is 1.64. The van der Waals surface area contributed by atoms with Gasteiger partial charge in [0.2, 0.25) is 0 Å². The normalized spacial score (nSPS) is 12.2. The van der Waals surface area contributed by atoms with Gasteiger partial charge in [0.15, 0.2) is 11.5 Å². The molecule has 9 heavy (non-hydrogen) atoms. The first-order valence-corrected chi connectivity index (χ1v) is 2.37. The summed E-state index contributed by atoms with van der Waals surface area (Å²) in [5.41, 5.74) is 6.22. The molecule has 0 rings (SSSR count). The molecule has 0 atom stereocenters. The average molecular weight is 128 g/mol. The van der Waals surface area contributed by atoms with Gasteiger partial charge in [-0.2, -0.15) is 5.11 Å². The molecule has 0 saturated carbocycles. The van der Waals surface area contributed by atoms with E-state index in [0.29, 0.717) is 0 Å². The van der Waals surface area contributed by atoms with E-state index in [1.807, 2.05) is 0 Å². The van der Waals surface area contributed by atoms with Crippen molar-refractivity contribution in [3.8, 4) is 0 Å². The van der Waals surface area contributed by atoms with Gasteiger partial charge in [-0.05, 0) is 6.92 Å². The molecule has 0 amide bonds. The molecule has 4 nitrogen and oxygen atoms in total. The quantitative estimate of drug-likeness (QED) is 0.335. The van der Waals surface area contributed by atoms with Crippen LogP contribution in [-0.2, 0) is 4.79 Å². The van der Waals surface area contributed by atoms with E-state index in [1.165, 1.54) is 13.8 Å². The van der Waals surface area contributed by atoms with Gasteiger partial charge >= 0.3 is 0 Å². The Morgan fingerprint density at radius 3 is 2.00 bits per heavy atom. The molecule has 50 valence electrons. The van der Waals surface area contributed by atoms with Gasteiger partial charge in [0.25, 0.3) is 0 Å². The highest BCUT2D eigenvalue weighted by molar-refractivity contribution is 5.92. The number of hydrogen-bond donors (Lipinski definition) is 2. The van der Waals surface area contributed by atoms with Crippen molar-refractivity contribution in [3.05, 3.63) is 11.5 Å². The lowest BCUT2D eigenvalue weighted by Gasteiger charge is -1.92. The first-order chi connectivity index (χ1) is 4.09. The molecule has 0 heterocycles. The Labute approximate surface area is 52.7 Å². The van der Waals surface area contributed by atoms with Gasteiger partial charge in [0.1, 0.15) is 5.76 Å². The van der Waals surface area contributed by atoms with Crippen LogP contribution in [0.5, 0.6) is 0 Å². The topological polar surface area (TPSA) is 73.5 Å². The molecule has 0 unspecified atom stereocenters. The molecule has 0 spiro atoms. The van der Waals surface area contributed by atoms with Crippen molar-refractivity contribution in [2.75, 3.05) is 0 Å². The molecule has 0 aliphatic heterocycles. The van der Waals surface area contributed by atoms with E-state index < -0.39 is 5.78 Å². The van der Waals surface area contributed by atoms with Crippen molar-refractivity contribution in [2.45, 2.75) is 13.8 Å². The SMILES string of the molecule is CC(=O)/C(N=N)=C(\C)O. The van der Waals surface area contributed by atoms with E-state index in [1.54, 1.807) is 0 Å². The van der Waals surface area contributed by atoms with Crippen molar-refractivity contribution in [3.63, 3.8) is 0 Å². The molecule has 0 fully saturated rings. The van der Waals surface area contributed by atoms with Crippen LogP contribution in [0.1, 0.15) is 13.8 Å². The molecule has 0 radical (unpaired) electrons. The van der Waals surface area contributed by atoms with Crippen LogP contribution < -0.4 is 0 Å². The summed E-state index contributed by atoms with van der Waals surface area (Å²) in [4.78, 5) is 10.4. The Morgan fingerprint density at radius 2 is 2.00 bits per heavy atom. The van der Waals surface area contributed by atoms with Gasteiger partial charge in [-0.15, -0.1) is 0 Å². The number of nitrogens with one attached hydrogen (secondary N) is 1. The molecule has 0 aliphatic carbocycles. The Morgan fingerprint density at radius 1 is 1.56 bits per heavy atom. The summed E-state index contributed by atoms with van der Waals surface area (Å²) in [5, 5.41) is 11.4. The lowest BCUT2D eigenvalue weighted by Crippen LogP contribution is -1.95. The smallest absolute Gasteiger partial charge is 0.183 e. The number of aliphatic hydroxyl groups is 1. The third kappa shape index (κ3) is 2.03. The standard InChI is InChI=1S/C5H8N2O2/c1-3(8)5(7-6)4(2)9/h6,8H,1-2H3/b5-3-,7-6?. The van der Waals surface area contributed by atoms with Crippen molar-refractivity contribution < 1.29 is 9.90 Å². The van der Waals surface area contributed by atoms with Crippen LogP contribution in [0.2, 0.25) is 0 Å². The zero-order valence-electron chi connectivity index (χ0n) is 5.30. The van der Waals surface area contributed by atoms with Crippen LogP contribution in [0.4, 0.5) is 0 Å². The Balaban J connectivity index is 4.55. The number of allylic oxidation sites excluding steroid dienone is 2. The second kappa shape index (κ2) is 2.96. The number of rotatable bonds is 2. The van der Waals surface area contributed by atoms with Gasteiger partial charge < -0.3 is 5.11 Å².